The first-order valence-corrected chi connectivity index (χ1v) is 7.79. The van der Waals surface area contributed by atoms with E-state index in [0.29, 0.717) is 25.9 Å². The van der Waals surface area contributed by atoms with Crippen LogP contribution in [-0.2, 0) is 11.0 Å². The molecule has 0 bridgehead atoms. The molecule has 1 fully saturated rings. The van der Waals surface area contributed by atoms with Crippen molar-refractivity contribution >= 4 is 18.3 Å². The van der Waals surface area contributed by atoms with Gasteiger partial charge in [-0.3, -0.25) is 4.79 Å². The van der Waals surface area contributed by atoms with E-state index in [4.69, 9.17) is 10.5 Å². The highest BCUT2D eigenvalue weighted by molar-refractivity contribution is 5.85. The van der Waals surface area contributed by atoms with Gasteiger partial charge in [-0.25, -0.2) is 4.98 Å². The molecule has 0 spiro atoms. The van der Waals surface area contributed by atoms with Crippen molar-refractivity contribution in [3.05, 3.63) is 18.0 Å². The quantitative estimate of drug-likeness (QED) is 0.863. The van der Waals surface area contributed by atoms with Gasteiger partial charge in [-0.05, 0) is 12.0 Å². The first-order chi connectivity index (χ1) is 11.2. The van der Waals surface area contributed by atoms with Crippen LogP contribution in [0.15, 0.2) is 12.3 Å². The molecule has 1 aliphatic rings. The van der Waals surface area contributed by atoms with Gasteiger partial charge in [0.05, 0.1) is 6.04 Å². The molecule has 0 aromatic carbocycles. The third-order valence-corrected chi connectivity index (χ3v) is 3.95. The van der Waals surface area contributed by atoms with E-state index in [2.05, 4.69) is 9.97 Å². The number of hydrogen-bond donors (Lipinski definition) is 1. The smallest absolute Gasteiger partial charge is 0.433 e. The van der Waals surface area contributed by atoms with Crippen LogP contribution < -0.4 is 10.5 Å². The topological polar surface area (TPSA) is 81.3 Å². The van der Waals surface area contributed by atoms with Gasteiger partial charge in [-0.15, -0.1) is 12.4 Å². The second-order valence-corrected chi connectivity index (χ2v) is 6.13. The molecule has 1 aromatic heterocycles. The average molecular weight is 383 g/mol. The van der Waals surface area contributed by atoms with Crippen LogP contribution >= 0.6 is 12.4 Å². The molecule has 0 aliphatic carbocycles. The zero-order chi connectivity index (χ0) is 17.9. The zero-order valence-electron chi connectivity index (χ0n) is 14.0. The van der Waals surface area contributed by atoms with E-state index in [1.807, 2.05) is 13.8 Å². The molecule has 1 amide bonds. The van der Waals surface area contributed by atoms with Crippen molar-refractivity contribution in [3.63, 3.8) is 0 Å². The number of carbonyl (C=O) groups is 1. The van der Waals surface area contributed by atoms with Crippen LogP contribution in [0.25, 0.3) is 0 Å². The Morgan fingerprint density at radius 3 is 2.48 bits per heavy atom. The van der Waals surface area contributed by atoms with E-state index in [1.165, 1.54) is 0 Å². The molecule has 10 heteroatoms. The van der Waals surface area contributed by atoms with Gasteiger partial charge in [0, 0.05) is 32.1 Å². The maximum Gasteiger partial charge on any atom is 0.433 e. The van der Waals surface area contributed by atoms with E-state index in [-0.39, 0.29) is 36.3 Å². The van der Waals surface area contributed by atoms with Gasteiger partial charge in [-0.1, -0.05) is 13.8 Å². The number of carbonyl (C=O) groups excluding carboxylic acids is 1. The number of aromatic nitrogens is 2. The average Bonchev–Trinajstić information content (AvgIpc) is 2.53. The lowest BCUT2D eigenvalue weighted by Gasteiger charge is -2.33. The first kappa shape index (κ1) is 21.4. The van der Waals surface area contributed by atoms with Gasteiger partial charge >= 0.3 is 12.2 Å². The van der Waals surface area contributed by atoms with Gasteiger partial charge in [0.2, 0.25) is 5.91 Å². The van der Waals surface area contributed by atoms with E-state index >= 15 is 0 Å². The summed E-state index contributed by atoms with van der Waals surface area (Å²) in [7, 11) is 0. The molecule has 6 nitrogen and oxygen atoms in total. The number of amides is 1. The number of nitrogens with zero attached hydrogens (tertiary/aromatic N) is 3. The predicted octanol–water partition coefficient (Wildman–Crippen LogP) is 2.27. The third-order valence-electron chi connectivity index (χ3n) is 3.95. The number of piperidine rings is 1. The maximum atomic E-state index is 12.6. The van der Waals surface area contributed by atoms with Crippen LogP contribution in [0.1, 0.15) is 32.4 Å². The Morgan fingerprint density at radius 2 is 1.96 bits per heavy atom. The normalized spacial score (nSPS) is 17.2. The van der Waals surface area contributed by atoms with E-state index in [9.17, 15) is 18.0 Å². The highest BCUT2D eigenvalue weighted by Crippen LogP contribution is 2.28. The lowest BCUT2D eigenvalue weighted by molar-refractivity contribution is -0.142. The summed E-state index contributed by atoms with van der Waals surface area (Å²) < 4.78 is 43.3. The van der Waals surface area contributed by atoms with Crippen molar-refractivity contribution in [1.82, 2.24) is 14.9 Å². The van der Waals surface area contributed by atoms with E-state index in [1.54, 1.807) is 4.90 Å². The van der Waals surface area contributed by atoms with E-state index < -0.39 is 17.9 Å². The van der Waals surface area contributed by atoms with Gasteiger partial charge in [-0.2, -0.15) is 18.2 Å². The van der Waals surface area contributed by atoms with Crippen molar-refractivity contribution in [1.29, 1.82) is 0 Å². The minimum absolute atomic E-state index is 0. The molecular formula is C15H22ClF3N4O2. The van der Waals surface area contributed by atoms with Crippen LogP contribution in [0, 0.1) is 5.92 Å². The summed E-state index contributed by atoms with van der Waals surface area (Å²) in [5.41, 5.74) is 4.82. The fourth-order valence-corrected chi connectivity index (χ4v) is 2.39. The van der Waals surface area contributed by atoms with E-state index in [0.717, 1.165) is 12.3 Å². The molecule has 2 heterocycles. The summed E-state index contributed by atoms with van der Waals surface area (Å²) in [4.78, 5) is 20.9. The summed E-state index contributed by atoms with van der Waals surface area (Å²) in [6, 6.07) is -0.0516. The van der Waals surface area contributed by atoms with Crippen LogP contribution in [-0.4, -0.2) is 46.0 Å². The number of ether oxygens (including phenoxy) is 1. The summed E-state index contributed by atoms with van der Waals surface area (Å²) in [6.07, 6.45) is -2.85. The number of hydrogen-bond acceptors (Lipinski definition) is 5. The fraction of sp³-hybridized carbons (Fsp3) is 0.667. The van der Waals surface area contributed by atoms with Crippen molar-refractivity contribution in [2.45, 2.75) is 45.0 Å². The highest BCUT2D eigenvalue weighted by atomic mass is 35.5. The fourth-order valence-electron chi connectivity index (χ4n) is 2.39. The van der Waals surface area contributed by atoms with Crippen LogP contribution in [0.5, 0.6) is 6.01 Å². The second-order valence-electron chi connectivity index (χ2n) is 6.13. The molecule has 1 atom stereocenters. The summed E-state index contributed by atoms with van der Waals surface area (Å²) in [5.74, 6) is -0.0660. The molecule has 1 aliphatic heterocycles. The Hall–Kier alpha value is -1.61. The third kappa shape index (κ3) is 5.71. The zero-order valence-corrected chi connectivity index (χ0v) is 14.8. The standard InChI is InChI=1S/C15H21F3N4O2.ClH/c1-9(2)12(19)13(23)22-7-4-10(5-8-22)24-14-20-6-3-11(21-14)15(16,17)18;/h3,6,9-10,12H,4-5,7-8,19H2,1-2H3;1H/t12-;/m0./s1. The molecule has 0 radical (unpaired) electrons. The van der Waals surface area contributed by atoms with Crippen LogP contribution in [0.2, 0.25) is 0 Å². The highest BCUT2D eigenvalue weighted by Gasteiger charge is 2.33. The van der Waals surface area contributed by atoms with Crippen molar-refractivity contribution in [2.24, 2.45) is 11.7 Å². The Bertz CT molecular complexity index is 578. The Balaban J connectivity index is 0.00000312. The van der Waals surface area contributed by atoms with Gasteiger partial charge in [0.25, 0.3) is 0 Å². The minimum atomic E-state index is -4.54. The van der Waals surface area contributed by atoms with Crippen LogP contribution in [0.3, 0.4) is 0 Å². The minimum Gasteiger partial charge on any atom is -0.460 e. The molecular weight excluding hydrogens is 361 g/mol. The number of nitrogens with two attached hydrogens (primary N) is 1. The molecule has 1 saturated heterocycles. The number of halogens is 4. The molecule has 0 saturated carbocycles. The SMILES string of the molecule is CC(C)[C@H](N)C(=O)N1CCC(Oc2nccc(C(F)(F)F)n2)CC1.Cl. The first-order valence-electron chi connectivity index (χ1n) is 7.79. The molecule has 142 valence electrons. The van der Waals surface area contributed by atoms with Gasteiger partial charge < -0.3 is 15.4 Å². The number of alkyl halides is 3. The van der Waals surface area contributed by atoms with Crippen molar-refractivity contribution in [2.75, 3.05) is 13.1 Å². The lowest BCUT2D eigenvalue weighted by atomic mass is 10.0. The summed E-state index contributed by atoms with van der Waals surface area (Å²) >= 11 is 0. The molecule has 2 N–H and O–H groups in total. The Labute approximate surface area is 150 Å². The Morgan fingerprint density at radius 1 is 1.36 bits per heavy atom. The number of likely N-dealkylation sites (tertiary alicyclic amines) is 1. The second kappa shape index (κ2) is 8.66. The van der Waals surface area contributed by atoms with Gasteiger partial charge in [0.1, 0.15) is 6.10 Å². The molecule has 0 unspecified atom stereocenters. The number of rotatable bonds is 4. The Kier molecular flexibility index (Phi) is 7.43. The van der Waals surface area contributed by atoms with Crippen molar-refractivity contribution < 1.29 is 22.7 Å². The van der Waals surface area contributed by atoms with Crippen LogP contribution in [0.4, 0.5) is 13.2 Å². The largest absolute Gasteiger partial charge is 0.460 e. The van der Waals surface area contributed by atoms with Crippen molar-refractivity contribution in [3.8, 4) is 6.01 Å². The summed E-state index contributed by atoms with van der Waals surface area (Å²) in [6.45, 7) is 4.65. The lowest BCUT2D eigenvalue weighted by Crippen LogP contribution is -2.50. The summed E-state index contributed by atoms with van der Waals surface area (Å²) in [5, 5.41) is 0. The predicted molar refractivity (Wildman–Crippen MR) is 87.3 cm³/mol. The molecule has 1 aromatic rings. The molecule has 25 heavy (non-hydrogen) atoms. The van der Waals surface area contributed by atoms with Gasteiger partial charge in [0.15, 0.2) is 5.69 Å². The molecule has 2 rings (SSSR count). The monoisotopic (exact) mass is 382 g/mol. The maximum absolute atomic E-state index is 12.6.